The van der Waals surface area contributed by atoms with Crippen molar-refractivity contribution in [3.05, 3.63) is 46.5 Å². The van der Waals surface area contributed by atoms with Crippen LogP contribution >= 0.6 is 0 Å². The van der Waals surface area contributed by atoms with E-state index in [2.05, 4.69) is 43.4 Å². The van der Waals surface area contributed by atoms with E-state index in [-0.39, 0.29) is 5.91 Å². The largest absolute Gasteiger partial charge is 0.467 e. The topological polar surface area (TPSA) is 67.9 Å². The van der Waals surface area contributed by atoms with Crippen LogP contribution in [0.4, 0.5) is 11.4 Å². The number of aryl methyl sites for hydroxylation is 1. The molecule has 1 heterocycles. The van der Waals surface area contributed by atoms with Crippen molar-refractivity contribution in [1.29, 1.82) is 0 Å². The number of nitrogens with one attached hydrogen (secondary N) is 1. The van der Waals surface area contributed by atoms with E-state index in [9.17, 15) is 9.59 Å². The smallest absolute Gasteiger partial charge is 0.339 e. The molecule has 1 amide bonds. The van der Waals surface area contributed by atoms with Crippen LogP contribution in [0, 0.1) is 20.8 Å². The first-order valence-electron chi connectivity index (χ1n) is 13.0. The highest BCUT2D eigenvalue weighted by Crippen LogP contribution is 2.51. The predicted octanol–water partition coefficient (Wildman–Crippen LogP) is 6.40. The van der Waals surface area contributed by atoms with Crippen LogP contribution in [0.1, 0.15) is 81.2 Å². The number of ether oxygens (including phenoxy) is 2. The van der Waals surface area contributed by atoms with Gasteiger partial charge < -0.3 is 19.7 Å². The van der Waals surface area contributed by atoms with Crippen LogP contribution in [-0.4, -0.2) is 37.2 Å². The van der Waals surface area contributed by atoms with E-state index in [1.54, 1.807) is 4.90 Å². The number of nitrogens with zero attached hydrogens (tertiary/aromatic N) is 1. The molecule has 1 aliphatic heterocycles. The number of carbonyl (C=O) groups is 2. The standard InChI is InChI=1S/C30H40N2O4/c1-18-12-14-21(15-13-18)22-19(2)24-25(32(7)28(34)30(31-24)16-10-9-11-17-30)20(3)23(22)26(27(33)35-8)36-29(4,5)6/h12-15,26,31H,9-11,16-17H2,1-8H3/t26-/m0/s1. The minimum atomic E-state index is -0.940. The lowest BCUT2D eigenvalue weighted by Gasteiger charge is -2.46. The summed E-state index contributed by atoms with van der Waals surface area (Å²) in [5.74, 6) is -0.361. The summed E-state index contributed by atoms with van der Waals surface area (Å²) in [4.78, 5) is 28.8. The summed E-state index contributed by atoms with van der Waals surface area (Å²) in [6, 6.07) is 8.34. The second kappa shape index (κ2) is 9.55. The molecule has 6 nitrogen and oxygen atoms in total. The molecular weight excluding hydrogens is 452 g/mol. The highest BCUT2D eigenvalue weighted by Gasteiger charge is 2.47. The SMILES string of the molecule is COC(=O)[C@@H](OC(C)(C)C)c1c(C)c2c(c(C)c1-c1ccc(C)cc1)NC1(CCCCC1)C(=O)N2C. The van der Waals surface area contributed by atoms with Crippen molar-refractivity contribution in [2.45, 2.75) is 90.9 Å². The minimum Gasteiger partial charge on any atom is -0.467 e. The van der Waals surface area contributed by atoms with Gasteiger partial charge in [0.05, 0.1) is 24.1 Å². The second-order valence-electron chi connectivity index (χ2n) is 11.4. The fraction of sp³-hybridized carbons (Fsp3) is 0.533. The molecule has 1 N–H and O–H groups in total. The Labute approximate surface area is 215 Å². The van der Waals surface area contributed by atoms with Gasteiger partial charge in [-0.3, -0.25) is 4.79 Å². The number of rotatable bonds is 4. The van der Waals surface area contributed by atoms with Gasteiger partial charge in [-0.05, 0) is 76.6 Å². The molecule has 1 spiro atoms. The van der Waals surface area contributed by atoms with Crippen LogP contribution in [-0.2, 0) is 19.1 Å². The van der Waals surface area contributed by atoms with Crippen LogP contribution in [0.3, 0.4) is 0 Å². The Morgan fingerprint density at radius 3 is 2.19 bits per heavy atom. The van der Waals surface area contributed by atoms with Crippen molar-refractivity contribution in [3.63, 3.8) is 0 Å². The maximum atomic E-state index is 13.8. The van der Waals surface area contributed by atoms with Crippen LogP contribution in [0.15, 0.2) is 24.3 Å². The average molecular weight is 493 g/mol. The molecule has 1 atom stereocenters. The molecule has 2 aromatic carbocycles. The number of fused-ring (bicyclic) bond motifs is 1. The maximum absolute atomic E-state index is 13.8. The molecule has 6 heteroatoms. The average Bonchev–Trinajstić information content (AvgIpc) is 2.83. The van der Waals surface area contributed by atoms with Crippen LogP contribution in [0.25, 0.3) is 11.1 Å². The van der Waals surface area contributed by atoms with Gasteiger partial charge >= 0.3 is 5.97 Å². The number of esters is 1. The fourth-order valence-corrected chi connectivity index (χ4v) is 5.89. The molecule has 36 heavy (non-hydrogen) atoms. The predicted molar refractivity (Wildman–Crippen MR) is 145 cm³/mol. The molecule has 4 rings (SSSR count). The summed E-state index contributed by atoms with van der Waals surface area (Å²) in [6.45, 7) is 11.9. The Hall–Kier alpha value is -2.86. The third kappa shape index (κ3) is 4.52. The lowest BCUT2D eigenvalue weighted by Crippen LogP contribution is -2.57. The Balaban J connectivity index is 2.04. The van der Waals surface area contributed by atoms with Gasteiger partial charge in [0, 0.05) is 12.6 Å². The first-order valence-corrected chi connectivity index (χ1v) is 13.0. The zero-order valence-corrected chi connectivity index (χ0v) is 23.0. The number of anilines is 2. The Bertz CT molecular complexity index is 1170. The Morgan fingerprint density at radius 2 is 1.64 bits per heavy atom. The highest BCUT2D eigenvalue weighted by atomic mass is 16.6. The van der Waals surface area contributed by atoms with Gasteiger partial charge in [-0.25, -0.2) is 4.79 Å². The number of hydrogen-bond donors (Lipinski definition) is 1. The quantitative estimate of drug-likeness (QED) is 0.500. The van der Waals surface area contributed by atoms with E-state index >= 15 is 0 Å². The molecule has 0 unspecified atom stereocenters. The molecule has 1 fully saturated rings. The molecule has 0 radical (unpaired) electrons. The third-order valence-electron chi connectivity index (χ3n) is 7.63. The second-order valence-corrected chi connectivity index (χ2v) is 11.4. The van der Waals surface area contributed by atoms with Gasteiger partial charge in [0.1, 0.15) is 5.54 Å². The molecule has 2 aromatic rings. The van der Waals surface area contributed by atoms with E-state index in [1.807, 2.05) is 34.7 Å². The van der Waals surface area contributed by atoms with Gasteiger partial charge in [0.2, 0.25) is 0 Å². The van der Waals surface area contributed by atoms with Crippen molar-refractivity contribution in [3.8, 4) is 11.1 Å². The molecule has 0 aromatic heterocycles. The van der Waals surface area contributed by atoms with E-state index in [0.717, 1.165) is 76.9 Å². The molecule has 0 bridgehead atoms. The number of carbonyl (C=O) groups excluding carboxylic acids is 2. The van der Waals surface area contributed by atoms with E-state index in [0.29, 0.717) is 0 Å². The monoisotopic (exact) mass is 492 g/mol. The van der Waals surface area contributed by atoms with E-state index in [1.165, 1.54) is 7.11 Å². The summed E-state index contributed by atoms with van der Waals surface area (Å²) >= 11 is 0. The number of amides is 1. The summed E-state index contributed by atoms with van der Waals surface area (Å²) < 4.78 is 11.6. The Kier molecular flexibility index (Phi) is 6.95. The molecular formula is C30H40N2O4. The van der Waals surface area contributed by atoms with Crippen molar-refractivity contribution >= 4 is 23.3 Å². The summed E-state index contributed by atoms with van der Waals surface area (Å²) in [5, 5.41) is 3.73. The number of methoxy groups -OCH3 is 1. The molecule has 2 aliphatic rings. The zero-order chi connectivity index (χ0) is 26.4. The molecule has 0 saturated heterocycles. The fourth-order valence-electron chi connectivity index (χ4n) is 5.89. The Morgan fingerprint density at radius 1 is 1.03 bits per heavy atom. The summed E-state index contributed by atoms with van der Waals surface area (Å²) in [5.41, 5.74) is 6.33. The normalized spacial score (nSPS) is 18.0. The maximum Gasteiger partial charge on any atom is 0.339 e. The number of likely N-dealkylation sites (N-methyl/N-ethyl adjacent to an activating group) is 1. The van der Waals surface area contributed by atoms with Crippen molar-refractivity contribution < 1.29 is 19.1 Å². The summed E-state index contributed by atoms with van der Waals surface area (Å²) in [7, 11) is 3.25. The van der Waals surface area contributed by atoms with Crippen molar-refractivity contribution in [2.24, 2.45) is 0 Å². The van der Waals surface area contributed by atoms with Gasteiger partial charge in [-0.15, -0.1) is 0 Å². The van der Waals surface area contributed by atoms with Crippen molar-refractivity contribution in [1.82, 2.24) is 0 Å². The summed E-state index contributed by atoms with van der Waals surface area (Å²) in [6.07, 6.45) is 3.94. The van der Waals surface area contributed by atoms with Gasteiger partial charge in [-0.1, -0.05) is 49.1 Å². The lowest BCUT2D eigenvalue weighted by molar-refractivity contribution is -0.164. The van der Waals surface area contributed by atoms with Crippen LogP contribution < -0.4 is 10.2 Å². The third-order valence-corrected chi connectivity index (χ3v) is 7.63. The van der Waals surface area contributed by atoms with E-state index < -0.39 is 23.2 Å². The first-order chi connectivity index (χ1) is 16.9. The molecule has 1 aliphatic carbocycles. The molecule has 194 valence electrons. The lowest BCUT2D eigenvalue weighted by atomic mass is 9.77. The zero-order valence-electron chi connectivity index (χ0n) is 23.0. The van der Waals surface area contributed by atoms with Gasteiger partial charge in [0.25, 0.3) is 5.91 Å². The number of benzene rings is 2. The van der Waals surface area contributed by atoms with Crippen LogP contribution in [0.2, 0.25) is 0 Å². The van der Waals surface area contributed by atoms with Gasteiger partial charge in [0.15, 0.2) is 6.10 Å². The highest BCUT2D eigenvalue weighted by molar-refractivity contribution is 6.10. The van der Waals surface area contributed by atoms with Crippen LogP contribution in [0.5, 0.6) is 0 Å². The minimum absolute atomic E-state index is 0.0950. The van der Waals surface area contributed by atoms with Gasteiger partial charge in [-0.2, -0.15) is 0 Å². The molecule has 1 saturated carbocycles. The number of hydrogen-bond acceptors (Lipinski definition) is 5. The first kappa shape index (κ1) is 26.2. The van der Waals surface area contributed by atoms with Crippen molar-refractivity contribution in [2.75, 3.05) is 24.4 Å². The van der Waals surface area contributed by atoms with E-state index in [4.69, 9.17) is 9.47 Å².